The molecule has 0 aromatic rings. The lowest BCUT2D eigenvalue weighted by Gasteiger charge is -2.23. The van der Waals surface area contributed by atoms with Gasteiger partial charge in [-0.2, -0.15) is 11.8 Å². The van der Waals surface area contributed by atoms with E-state index in [2.05, 4.69) is 10.6 Å². The van der Waals surface area contributed by atoms with Crippen molar-refractivity contribution in [3.63, 3.8) is 0 Å². The molecule has 9 N–H and O–H groups in total. The molecule has 0 radical (unpaired) electrons. The minimum atomic E-state index is -1.14. The summed E-state index contributed by atoms with van der Waals surface area (Å²) >= 11 is 1.47. The molecular formula is C16H31N5O5S. The molecule has 0 heterocycles. The second kappa shape index (κ2) is 14.2. The van der Waals surface area contributed by atoms with E-state index in [1.165, 1.54) is 11.8 Å². The van der Waals surface area contributed by atoms with Crippen LogP contribution in [0.4, 0.5) is 0 Å². The molecule has 3 unspecified atom stereocenters. The fraction of sp³-hybridized carbons (Fsp3) is 0.750. The topological polar surface area (TPSA) is 191 Å². The lowest BCUT2D eigenvalue weighted by atomic mass is 10.1. The predicted molar refractivity (Wildman–Crippen MR) is 104 cm³/mol. The van der Waals surface area contributed by atoms with Crippen molar-refractivity contribution < 1.29 is 24.3 Å². The summed E-state index contributed by atoms with van der Waals surface area (Å²) in [6.45, 7) is 0.436. The van der Waals surface area contributed by atoms with Crippen molar-refractivity contribution in [3.05, 3.63) is 0 Å². The van der Waals surface area contributed by atoms with Crippen molar-refractivity contribution >= 4 is 35.5 Å². The molecule has 3 atom stereocenters. The van der Waals surface area contributed by atoms with Crippen LogP contribution in [0.5, 0.6) is 0 Å². The Hall–Kier alpha value is -1.85. The molecule has 0 fully saturated rings. The number of rotatable bonds is 15. The highest BCUT2D eigenvalue weighted by molar-refractivity contribution is 7.98. The zero-order chi connectivity index (χ0) is 20.8. The van der Waals surface area contributed by atoms with Gasteiger partial charge in [-0.05, 0) is 50.7 Å². The Morgan fingerprint density at radius 2 is 1.63 bits per heavy atom. The van der Waals surface area contributed by atoms with Gasteiger partial charge < -0.3 is 32.9 Å². The molecule has 0 spiro atoms. The molecule has 156 valence electrons. The van der Waals surface area contributed by atoms with Gasteiger partial charge in [0.15, 0.2) is 0 Å². The Morgan fingerprint density at radius 1 is 1.00 bits per heavy atom. The number of hydrogen-bond donors (Lipinski definition) is 6. The highest BCUT2D eigenvalue weighted by Gasteiger charge is 2.27. The summed E-state index contributed by atoms with van der Waals surface area (Å²) in [6.07, 6.45) is 3.65. The van der Waals surface area contributed by atoms with Gasteiger partial charge in [0.05, 0.1) is 6.04 Å². The number of carbonyl (C=O) groups is 4. The first-order valence-electron chi connectivity index (χ1n) is 8.79. The molecule has 0 aromatic carbocycles. The number of primary amides is 1. The SMILES string of the molecule is CSCCC(NC(=O)C(CCCCN)NC(=O)C(N)CCC(N)=O)C(=O)O. The molecule has 27 heavy (non-hydrogen) atoms. The lowest BCUT2D eigenvalue weighted by Crippen LogP contribution is -2.54. The maximum Gasteiger partial charge on any atom is 0.326 e. The van der Waals surface area contributed by atoms with E-state index in [1.807, 2.05) is 6.26 Å². The van der Waals surface area contributed by atoms with Crippen molar-refractivity contribution in [1.29, 1.82) is 0 Å². The van der Waals surface area contributed by atoms with E-state index in [0.717, 1.165) is 0 Å². The average molecular weight is 406 g/mol. The molecule has 3 amide bonds. The molecule has 0 saturated carbocycles. The number of nitrogens with one attached hydrogen (secondary N) is 2. The van der Waals surface area contributed by atoms with Gasteiger partial charge in [0, 0.05) is 6.42 Å². The fourth-order valence-corrected chi connectivity index (χ4v) is 2.71. The van der Waals surface area contributed by atoms with Gasteiger partial charge in [-0.1, -0.05) is 0 Å². The number of carbonyl (C=O) groups excluding carboxylic acids is 3. The third-order valence-corrected chi connectivity index (χ3v) is 4.49. The van der Waals surface area contributed by atoms with Gasteiger partial charge in [0.25, 0.3) is 0 Å². The number of unbranched alkanes of at least 4 members (excludes halogenated alkanes) is 1. The van der Waals surface area contributed by atoms with Crippen molar-refractivity contribution in [2.24, 2.45) is 17.2 Å². The van der Waals surface area contributed by atoms with Crippen molar-refractivity contribution in [2.45, 2.75) is 56.7 Å². The number of thioether (sulfide) groups is 1. The Kier molecular flexibility index (Phi) is 13.3. The molecule has 11 heteroatoms. The van der Waals surface area contributed by atoms with E-state index in [1.54, 1.807) is 0 Å². The molecule has 0 rings (SSSR count). The number of aliphatic carboxylic acids is 1. The highest BCUT2D eigenvalue weighted by atomic mass is 32.2. The summed E-state index contributed by atoms with van der Waals surface area (Å²) in [6, 6.07) is -2.96. The van der Waals surface area contributed by atoms with E-state index >= 15 is 0 Å². The van der Waals surface area contributed by atoms with Crippen LogP contribution in [0, 0.1) is 0 Å². The van der Waals surface area contributed by atoms with Gasteiger partial charge in [-0.3, -0.25) is 14.4 Å². The molecule has 0 bridgehead atoms. The Bertz CT molecular complexity index is 506. The van der Waals surface area contributed by atoms with Crippen molar-refractivity contribution in [3.8, 4) is 0 Å². The normalized spacial score (nSPS) is 14.0. The maximum absolute atomic E-state index is 12.5. The third-order valence-electron chi connectivity index (χ3n) is 3.84. The van der Waals surface area contributed by atoms with Gasteiger partial charge in [-0.15, -0.1) is 0 Å². The number of carboxylic acids is 1. The van der Waals surface area contributed by atoms with Crippen LogP contribution in [0.3, 0.4) is 0 Å². The van der Waals surface area contributed by atoms with Crippen LogP contribution in [-0.4, -0.2) is 65.5 Å². The zero-order valence-electron chi connectivity index (χ0n) is 15.6. The van der Waals surface area contributed by atoms with Crippen molar-refractivity contribution in [1.82, 2.24) is 10.6 Å². The molecule has 0 aromatic heterocycles. The first-order chi connectivity index (χ1) is 12.7. The third kappa shape index (κ3) is 11.5. The van der Waals surface area contributed by atoms with E-state index in [0.29, 0.717) is 31.6 Å². The standard InChI is InChI=1S/C16H31N5O5S/c1-27-9-7-12(16(25)26)21-15(24)11(4-2-3-8-17)20-14(23)10(18)5-6-13(19)22/h10-12H,2-9,17-18H2,1H3,(H2,19,22)(H,20,23)(H,21,24)(H,25,26). The highest BCUT2D eigenvalue weighted by Crippen LogP contribution is 2.06. The van der Waals surface area contributed by atoms with Gasteiger partial charge >= 0.3 is 5.97 Å². The summed E-state index contributed by atoms with van der Waals surface area (Å²) in [4.78, 5) is 46.8. The molecule has 0 aliphatic carbocycles. The van der Waals surface area contributed by atoms with E-state index in [9.17, 15) is 24.3 Å². The Morgan fingerprint density at radius 3 is 2.15 bits per heavy atom. The summed E-state index contributed by atoms with van der Waals surface area (Å²) in [5, 5.41) is 14.2. The van der Waals surface area contributed by atoms with Crippen LogP contribution < -0.4 is 27.8 Å². The van der Waals surface area contributed by atoms with E-state index in [4.69, 9.17) is 17.2 Å². The Labute approximate surface area is 163 Å². The summed E-state index contributed by atoms with van der Waals surface area (Å²) in [5.74, 6) is -2.33. The minimum Gasteiger partial charge on any atom is -0.480 e. The monoisotopic (exact) mass is 405 g/mol. The molecular weight excluding hydrogens is 374 g/mol. The molecule has 10 nitrogen and oxygen atoms in total. The van der Waals surface area contributed by atoms with Crippen LogP contribution in [0.1, 0.15) is 38.5 Å². The van der Waals surface area contributed by atoms with Crippen molar-refractivity contribution in [2.75, 3.05) is 18.6 Å². The van der Waals surface area contributed by atoms with E-state index in [-0.39, 0.29) is 19.3 Å². The van der Waals surface area contributed by atoms with Crippen LogP contribution in [0.15, 0.2) is 0 Å². The van der Waals surface area contributed by atoms with Crippen LogP contribution in [0.2, 0.25) is 0 Å². The number of carboxylic acid groups (broad SMARTS) is 1. The second-order valence-electron chi connectivity index (χ2n) is 6.14. The first-order valence-corrected chi connectivity index (χ1v) is 10.2. The fourth-order valence-electron chi connectivity index (χ4n) is 2.23. The average Bonchev–Trinajstić information content (AvgIpc) is 2.61. The zero-order valence-corrected chi connectivity index (χ0v) is 16.4. The predicted octanol–water partition coefficient (Wildman–Crippen LogP) is -1.48. The minimum absolute atomic E-state index is 0.0472. The number of nitrogens with two attached hydrogens (primary N) is 3. The van der Waals surface area contributed by atoms with Crippen LogP contribution in [0.25, 0.3) is 0 Å². The molecule has 0 aliphatic rings. The number of hydrogen-bond acceptors (Lipinski definition) is 7. The first kappa shape index (κ1) is 25.1. The van der Waals surface area contributed by atoms with Gasteiger partial charge in [-0.25, -0.2) is 4.79 Å². The van der Waals surface area contributed by atoms with Gasteiger partial charge in [0.2, 0.25) is 17.7 Å². The van der Waals surface area contributed by atoms with Crippen LogP contribution in [-0.2, 0) is 19.2 Å². The van der Waals surface area contributed by atoms with E-state index < -0.39 is 41.8 Å². The molecule has 0 saturated heterocycles. The lowest BCUT2D eigenvalue weighted by molar-refractivity contribution is -0.142. The smallest absolute Gasteiger partial charge is 0.326 e. The largest absolute Gasteiger partial charge is 0.480 e. The Balaban J connectivity index is 4.93. The maximum atomic E-state index is 12.5. The summed E-state index contributed by atoms with van der Waals surface area (Å²) < 4.78 is 0. The number of amides is 3. The van der Waals surface area contributed by atoms with Crippen LogP contribution >= 0.6 is 11.8 Å². The quantitative estimate of drug-likeness (QED) is 0.178. The molecule has 0 aliphatic heterocycles. The second-order valence-corrected chi connectivity index (χ2v) is 7.12. The summed E-state index contributed by atoms with van der Waals surface area (Å²) in [5.41, 5.74) is 16.2. The van der Waals surface area contributed by atoms with Gasteiger partial charge in [0.1, 0.15) is 12.1 Å². The summed E-state index contributed by atoms with van der Waals surface area (Å²) in [7, 11) is 0.